The zero-order chi connectivity index (χ0) is 16.3. The first-order chi connectivity index (χ1) is 10.3. The lowest BCUT2D eigenvalue weighted by Gasteiger charge is -2.34. The van der Waals surface area contributed by atoms with E-state index in [1.165, 1.54) is 12.1 Å². The highest BCUT2D eigenvalue weighted by Gasteiger charge is 2.35. The van der Waals surface area contributed by atoms with Gasteiger partial charge in [-0.05, 0) is 35.8 Å². The molecule has 122 valence electrons. The maximum absolute atomic E-state index is 13.2. The molecular weight excluding hydrogens is 317 g/mol. The van der Waals surface area contributed by atoms with Crippen LogP contribution < -0.4 is 0 Å². The first kappa shape index (κ1) is 17.2. The van der Waals surface area contributed by atoms with E-state index < -0.39 is 17.0 Å². The van der Waals surface area contributed by atoms with Crippen LogP contribution in [0, 0.1) is 0 Å². The molecule has 3 nitrogen and oxygen atoms in total. The van der Waals surface area contributed by atoms with Crippen LogP contribution in [-0.4, -0.2) is 47.8 Å². The Morgan fingerprint density at radius 2 is 1.77 bits per heavy atom. The summed E-state index contributed by atoms with van der Waals surface area (Å²) in [5.41, 5.74) is -0.869. The Labute approximate surface area is 132 Å². The minimum atomic E-state index is -4.50. The van der Waals surface area contributed by atoms with Crippen LogP contribution in [0.4, 0.5) is 13.2 Å². The van der Waals surface area contributed by atoms with Gasteiger partial charge in [0.1, 0.15) is 0 Å². The summed E-state index contributed by atoms with van der Waals surface area (Å²) in [6.45, 7) is 6.05. The molecule has 7 heteroatoms. The van der Waals surface area contributed by atoms with Crippen molar-refractivity contribution in [1.29, 1.82) is 0 Å². The van der Waals surface area contributed by atoms with Crippen molar-refractivity contribution in [1.82, 2.24) is 9.80 Å². The number of likely N-dealkylation sites (N-methyl/N-ethyl adjacent to an activating group) is 1. The lowest BCUT2D eigenvalue weighted by molar-refractivity contribution is -0.138. The number of alkyl halides is 3. The van der Waals surface area contributed by atoms with Crippen molar-refractivity contribution >= 4 is 16.8 Å². The molecule has 0 saturated carbocycles. The Balaban J connectivity index is 2.27. The van der Waals surface area contributed by atoms with Crippen LogP contribution in [0.3, 0.4) is 0 Å². The molecule has 0 amide bonds. The van der Waals surface area contributed by atoms with Gasteiger partial charge in [-0.3, -0.25) is 9.69 Å². The third-order valence-electron chi connectivity index (χ3n) is 3.99. The van der Waals surface area contributed by atoms with Gasteiger partial charge in [0.15, 0.2) is 0 Å². The Kier molecular flexibility index (Phi) is 5.47. The van der Waals surface area contributed by atoms with E-state index in [-0.39, 0.29) is 17.7 Å². The molecule has 0 aromatic heterocycles. The quantitative estimate of drug-likeness (QED) is 0.790. The van der Waals surface area contributed by atoms with Crippen LogP contribution in [0.25, 0.3) is 0 Å². The first-order valence-electron chi connectivity index (χ1n) is 7.16. The maximum atomic E-state index is 13.2. The van der Waals surface area contributed by atoms with E-state index in [2.05, 4.69) is 11.8 Å². The highest BCUT2D eigenvalue weighted by atomic mass is 35.5. The smallest absolute Gasteiger partial charge is 0.301 e. The van der Waals surface area contributed by atoms with Gasteiger partial charge < -0.3 is 4.90 Å². The Morgan fingerprint density at radius 3 is 2.27 bits per heavy atom. The van der Waals surface area contributed by atoms with Crippen molar-refractivity contribution < 1.29 is 18.0 Å². The SMILES string of the molecule is CCN1CCN(Cc2c(C(=O)Cl)cccc2C(F)(F)F)CC1. The summed E-state index contributed by atoms with van der Waals surface area (Å²) in [7, 11) is 0. The third-order valence-corrected chi connectivity index (χ3v) is 4.19. The minimum Gasteiger partial charge on any atom is -0.301 e. The second-order valence-corrected chi connectivity index (χ2v) is 5.66. The predicted octanol–water partition coefficient (Wildman–Crippen LogP) is 3.22. The number of carbonyl (C=O) groups excluding carboxylic acids is 1. The highest BCUT2D eigenvalue weighted by Crippen LogP contribution is 2.34. The van der Waals surface area contributed by atoms with E-state index in [9.17, 15) is 18.0 Å². The summed E-state index contributed by atoms with van der Waals surface area (Å²) in [4.78, 5) is 15.6. The maximum Gasteiger partial charge on any atom is 0.416 e. The number of hydrogen-bond acceptors (Lipinski definition) is 3. The number of piperazine rings is 1. The van der Waals surface area contributed by atoms with Crippen molar-refractivity contribution in [3.8, 4) is 0 Å². The van der Waals surface area contributed by atoms with Gasteiger partial charge in [0, 0.05) is 38.3 Å². The molecule has 0 aliphatic carbocycles. The van der Waals surface area contributed by atoms with Gasteiger partial charge in [-0.1, -0.05) is 13.0 Å². The summed E-state index contributed by atoms with van der Waals surface area (Å²) in [6.07, 6.45) is -4.50. The van der Waals surface area contributed by atoms with Crippen molar-refractivity contribution in [2.45, 2.75) is 19.6 Å². The van der Waals surface area contributed by atoms with Gasteiger partial charge >= 0.3 is 6.18 Å². The second kappa shape index (κ2) is 6.98. The zero-order valence-electron chi connectivity index (χ0n) is 12.3. The van der Waals surface area contributed by atoms with Crippen LogP contribution in [-0.2, 0) is 12.7 Å². The average Bonchev–Trinajstić information content (AvgIpc) is 2.47. The first-order valence-corrected chi connectivity index (χ1v) is 7.54. The molecule has 1 aliphatic heterocycles. The topological polar surface area (TPSA) is 23.6 Å². The lowest BCUT2D eigenvalue weighted by Crippen LogP contribution is -2.45. The minimum absolute atomic E-state index is 0.0278. The summed E-state index contributed by atoms with van der Waals surface area (Å²) in [5.74, 6) is 0. The van der Waals surface area contributed by atoms with Gasteiger partial charge in [-0.2, -0.15) is 13.2 Å². The standard InChI is InChI=1S/C15H18ClF3N2O/c1-2-20-6-8-21(9-7-20)10-12-11(14(16)22)4-3-5-13(12)15(17,18)19/h3-5H,2,6-10H2,1H3. The summed E-state index contributed by atoms with van der Waals surface area (Å²) < 4.78 is 39.5. The average molecular weight is 335 g/mol. The second-order valence-electron chi connectivity index (χ2n) is 5.31. The summed E-state index contributed by atoms with van der Waals surface area (Å²) in [6, 6.07) is 3.57. The Morgan fingerprint density at radius 1 is 1.18 bits per heavy atom. The molecule has 1 fully saturated rings. The fourth-order valence-corrected chi connectivity index (χ4v) is 2.87. The van der Waals surface area contributed by atoms with Crippen molar-refractivity contribution in [2.75, 3.05) is 32.7 Å². The van der Waals surface area contributed by atoms with Gasteiger partial charge in [-0.25, -0.2) is 0 Å². The van der Waals surface area contributed by atoms with E-state index >= 15 is 0 Å². The van der Waals surface area contributed by atoms with Crippen LogP contribution in [0.5, 0.6) is 0 Å². The van der Waals surface area contributed by atoms with Gasteiger partial charge in [-0.15, -0.1) is 0 Å². The molecule has 0 N–H and O–H groups in total. The monoisotopic (exact) mass is 334 g/mol. The molecular formula is C15H18ClF3N2O. The van der Waals surface area contributed by atoms with Crippen LogP contribution >= 0.6 is 11.6 Å². The molecule has 0 spiro atoms. The normalized spacial score (nSPS) is 17.7. The lowest BCUT2D eigenvalue weighted by atomic mass is 10.00. The summed E-state index contributed by atoms with van der Waals surface area (Å²) >= 11 is 5.46. The van der Waals surface area contributed by atoms with E-state index in [0.29, 0.717) is 13.1 Å². The van der Waals surface area contributed by atoms with Crippen LogP contribution in [0.1, 0.15) is 28.4 Å². The van der Waals surface area contributed by atoms with Gasteiger partial charge in [0.05, 0.1) is 5.56 Å². The highest BCUT2D eigenvalue weighted by molar-refractivity contribution is 6.67. The largest absolute Gasteiger partial charge is 0.416 e. The van der Waals surface area contributed by atoms with E-state index in [0.717, 1.165) is 25.7 Å². The van der Waals surface area contributed by atoms with Crippen LogP contribution in [0.2, 0.25) is 0 Å². The van der Waals surface area contributed by atoms with Crippen molar-refractivity contribution in [3.63, 3.8) is 0 Å². The molecule has 0 unspecified atom stereocenters. The molecule has 1 heterocycles. The predicted molar refractivity (Wildman–Crippen MR) is 79.0 cm³/mol. The number of carbonyl (C=O) groups is 1. The summed E-state index contributed by atoms with van der Waals surface area (Å²) in [5, 5.41) is -0.853. The van der Waals surface area contributed by atoms with Gasteiger partial charge in [0.25, 0.3) is 5.24 Å². The molecule has 22 heavy (non-hydrogen) atoms. The fourth-order valence-electron chi connectivity index (χ4n) is 2.69. The van der Waals surface area contributed by atoms with Crippen molar-refractivity contribution in [2.24, 2.45) is 0 Å². The zero-order valence-corrected chi connectivity index (χ0v) is 13.0. The molecule has 1 aromatic carbocycles. The molecule has 2 rings (SSSR count). The molecule has 1 aromatic rings. The number of benzene rings is 1. The molecule has 1 aliphatic rings. The van der Waals surface area contributed by atoms with Crippen molar-refractivity contribution in [3.05, 3.63) is 34.9 Å². The number of rotatable bonds is 4. The van der Waals surface area contributed by atoms with E-state index in [1.807, 2.05) is 4.90 Å². The van der Waals surface area contributed by atoms with Gasteiger partial charge in [0.2, 0.25) is 0 Å². The Hall–Kier alpha value is -1.11. The molecule has 1 saturated heterocycles. The molecule has 0 bridgehead atoms. The fraction of sp³-hybridized carbons (Fsp3) is 0.533. The van der Waals surface area contributed by atoms with E-state index in [1.54, 1.807) is 0 Å². The number of hydrogen-bond donors (Lipinski definition) is 0. The van der Waals surface area contributed by atoms with E-state index in [4.69, 9.17) is 11.6 Å². The molecule has 0 radical (unpaired) electrons. The van der Waals surface area contributed by atoms with Crippen LogP contribution in [0.15, 0.2) is 18.2 Å². The Bertz CT molecular complexity index is 540. The number of nitrogens with zero attached hydrogens (tertiary/aromatic N) is 2. The number of halogens is 4. The molecule has 0 atom stereocenters. The third kappa shape index (κ3) is 4.00.